The highest BCUT2D eigenvalue weighted by Crippen LogP contribution is 2.43. The van der Waals surface area contributed by atoms with Crippen molar-refractivity contribution in [1.82, 2.24) is 19.8 Å². The summed E-state index contributed by atoms with van der Waals surface area (Å²) in [4.78, 5) is 39.8. The number of rotatable bonds is 4. The Balaban J connectivity index is 1.65. The highest BCUT2D eigenvalue weighted by Gasteiger charge is 2.46. The molecule has 1 aliphatic carbocycles. The topological polar surface area (TPSA) is 66.4 Å². The van der Waals surface area contributed by atoms with Gasteiger partial charge in [-0.25, -0.2) is 9.97 Å². The quantitative estimate of drug-likeness (QED) is 0.701. The number of nitrogens with zero attached hydrogens (tertiary/aromatic N) is 4. The van der Waals surface area contributed by atoms with Crippen LogP contribution in [0.4, 0.5) is 0 Å². The molecular weight excluding hydrogens is 412 g/mol. The molecule has 2 amide bonds. The average molecular weight is 449 g/mol. The molecule has 1 aromatic carbocycles. The van der Waals surface area contributed by atoms with Crippen LogP contribution in [0.2, 0.25) is 0 Å². The van der Waals surface area contributed by atoms with E-state index in [1.54, 1.807) is 20.2 Å². The first-order valence-electron chi connectivity index (χ1n) is 12.2. The van der Waals surface area contributed by atoms with E-state index in [-0.39, 0.29) is 17.2 Å². The Morgan fingerprint density at radius 2 is 1.67 bits per heavy atom. The van der Waals surface area contributed by atoms with Crippen molar-refractivity contribution in [3.8, 4) is 0 Å². The van der Waals surface area contributed by atoms with Crippen molar-refractivity contribution >= 4 is 11.8 Å². The molecule has 1 saturated heterocycles. The predicted octanol–water partition coefficient (Wildman–Crippen LogP) is 4.27. The number of hydrogen-bond donors (Lipinski definition) is 0. The maximum Gasteiger partial charge on any atom is 0.272 e. The predicted molar refractivity (Wildman–Crippen MR) is 129 cm³/mol. The van der Waals surface area contributed by atoms with Gasteiger partial charge in [0.05, 0.1) is 5.41 Å². The van der Waals surface area contributed by atoms with Crippen LogP contribution in [0.5, 0.6) is 0 Å². The van der Waals surface area contributed by atoms with Gasteiger partial charge in [-0.05, 0) is 44.2 Å². The summed E-state index contributed by atoms with van der Waals surface area (Å²) in [5.41, 5.74) is 1.53. The molecule has 1 unspecified atom stereocenters. The number of amides is 2. The monoisotopic (exact) mass is 448 g/mol. The molecular formula is C27H36N4O2. The van der Waals surface area contributed by atoms with E-state index in [1.165, 1.54) is 11.3 Å². The molecule has 2 aliphatic rings. The van der Waals surface area contributed by atoms with Gasteiger partial charge in [-0.1, -0.05) is 56.5 Å². The summed E-state index contributed by atoms with van der Waals surface area (Å²) in [6.07, 6.45) is 6.98. The molecule has 2 fully saturated rings. The van der Waals surface area contributed by atoms with Crippen molar-refractivity contribution in [2.24, 2.45) is 0 Å². The van der Waals surface area contributed by atoms with Crippen molar-refractivity contribution in [3.63, 3.8) is 0 Å². The van der Waals surface area contributed by atoms with E-state index in [4.69, 9.17) is 9.97 Å². The number of benzene rings is 1. The molecule has 0 spiro atoms. The molecule has 0 bridgehead atoms. The minimum absolute atomic E-state index is 0.126. The van der Waals surface area contributed by atoms with E-state index in [1.807, 2.05) is 25.1 Å². The van der Waals surface area contributed by atoms with Gasteiger partial charge < -0.3 is 9.80 Å². The third-order valence-electron chi connectivity index (χ3n) is 7.45. The number of aromatic nitrogens is 2. The molecule has 0 radical (unpaired) electrons. The van der Waals surface area contributed by atoms with Gasteiger partial charge in [0.15, 0.2) is 0 Å². The zero-order chi connectivity index (χ0) is 23.6. The fourth-order valence-corrected chi connectivity index (χ4v) is 5.61. The van der Waals surface area contributed by atoms with E-state index in [2.05, 4.69) is 24.0 Å². The van der Waals surface area contributed by atoms with E-state index < -0.39 is 5.41 Å². The Labute approximate surface area is 197 Å². The average Bonchev–Trinajstić information content (AvgIpc) is 2.83. The summed E-state index contributed by atoms with van der Waals surface area (Å²) in [5, 5.41) is 0. The summed E-state index contributed by atoms with van der Waals surface area (Å²) < 4.78 is 0. The Morgan fingerprint density at radius 3 is 2.33 bits per heavy atom. The Hall–Kier alpha value is -2.76. The Kier molecular flexibility index (Phi) is 6.55. The van der Waals surface area contributed by atoms with Crippen molar-refractivity contribution in [3.05, 3.63) is 59.2 Å². The van der Waals surface area contributed by atoms with E-state index in [0.717, 1.165) is 56.3 Å². The van der Waals surface area contributed by atoms with Crippen LogP contribution in [0.1, 0.15) is 79.4 Å². The Morgan fingerprint density at radius 1 is 0.970 bits per heavy atom. The summed E-state index contributed by atoms with van der Waals surface area (Å²) in [6, 6.07) is 12.1. The number of carbonyl (C=O) groups is 2. The molecule has 2 heterocycles. The van der Waals surface area contributed by atoms with E-state index in [9.17, 15) is 9.59 Å². The second-order valence-electron chi connectivity index (χ2n) is 10.3. The summed E-state index contributed by atoms with van der Waals surface area (Å²) in [5.74, 6) is 0.790. The fourth-order valence-electron chi connectivity index (χ4n) is 5.61. The van der Waals surface area contributed by atoms with E-state index in [0.29, 0.717) is 18.1 Å². The molecule has 4 rings (SSSR count). The van der Waals surface area contributed by atoms with Crippen LogP contribution in [0.25, 0.3) is 0 Å². The SMILES string of the molecule is Cc1cc(C(=O)N(C)C)nc(C2(C)CCCN(C(=O)C3(c4ccccc4)CCCCC3)C2)n1. The number of likely N-dealkylation sites (tertiary alicyclic amines) is 1. The molecule has 1 aliphatic heterocycles. The molecule has 33 heavy (non-hydrogen) atoms. The van der Waals surface area contributed by atoms with Gasteiger partial charge in [0.2, 0.25) is 5.91 Å². The van der Waals surface area contributed by atoms with Gasteiger partial charge in [-0.2, -0.15) is 0 Å². The lowest BCUT2D eigenvalue weighted by molar-refractivity contribution is -0.141. The largest absolute Gasteiger partial charge is 0.343 e. The first kappa shape index (κ1) is 23.4. The van der Waals surface area contributed by atoms with E-state index >= 15 is 0 Å². The minimum Gasteiger partial charge on any atom is -0.343 e. The summed E-state index contributed by atoms with van der Waals surface area (Å²) in [6.45, 7) is 5.39. The highest BCUT2D eigenvalue weighted by molar-refractivity contribution is 5.92. The van der Waals surface area contributed by atoms with Gasteiger partial charge in [0, 0.05) is 38.3 Å². The number of piperidine rings is 1. The standard InChI is InChI=1S/C27H36N4O2/c1-20-18-22(23(32)30(3)4)29-24(28-20)26(2)14-11-17-31(19-26)25(33)27(15-9-6-10-16-27)21-12-7-5-8-13-21/h5,7-8,12-13,18H,6,9-11,14-17,19H2,1-4H3. The van der Waals surface area contributed by atoms with Crippen LogP contribution in [0, 0.1) is 6.92 Å². The second kappa shape index (κ2) is 9.24. The van der Waals surface area contributed by atoms with Gasteiger partial charge in [-0.3, -0.25) is 9.59 Å². The first-order chi connectivity index (χ1) is 15.7. The molecule has 1 saturated carbocycles. The van der Waals surface area contributed by atoms with Crippen LogP contribution in [-0.4, -0.2) is 58.8 Å². The Bertz CT molecular complexity index is 1010. The lowest BCUT2D eigenvalue weighted by Crippen LogP contribution is -2.54. The zero-order valence-electron chi connectivity index (χ0n) is 20.4. The summed E-state index contributed by atoms with van der Waals surface area (Å²) >= 11 is 0. The third kappa shape index (κ3) is 4.53. The third-order valence-corrected chi connectivity index (χ3v) is 7.45. The van der Waals surface area contributed by atoms with Crippen molar-refractivity contribution in [1.29, 1.82) is 0 Å². The molecule has 6 nitrogen and oxygen atoms in total. The molecule has 6 heteroatoms. The molecule has 1 atom stereocenters. The van der Waals surface area contributed by atoms with Gasteiger partial charge in [0.1, 0.15) is 11.5 Å². The number of hydrogen-bond acceptors (Lipinski definition) is 4. The number of aryl methyl sites for hydroxylation is 1. The van der Waals surface area contributed by atoms with Crippen LogP contribution in [0.3, 0.4) is 0 Å². The second-order valence-corrected chi connectivity index (χ2v) is 10.3. The van der Waals surface area contributed by atoms with Crippen LogP contribution in [-0.2, 0) is 15.6 Å². The number of carbonyl (C=O) groups excluding carboxylic acids is 2. The molecule has 0 N–H and O–H groups in total. The van der Waals surface area contributed by atoms with Crippen LogP contribution >= 0.6 is 0 Å². The van der Waals surface area contributed by atoms with Crippen molar-refractivity contribution in [2.45, 2.75) is 69.6 Å². The summed E-state index contributed by atoms with van der Waals surface area (Å²) in [7, 11) is 3.46. The lowest BCUT2D eigenvalue weighted by Gasteiger charge is -2.45. The maximum atomic E-state index is 14.2. The minimum atomic E-state index is -0.433. The molecule has 1 aromatic heterocycles. The van der Waals surface area contributed by atoms with Gasteiger partial charge in [-0.15, -0.1) is 0 Å². The fraction of sp³-hybridized carbons (Fsp3) is 0.556. The smallest absolute Gasteiger partial charge is 0.272 e. The first-order valence-corrected chi connectivity index (χ1v) is 12.2. The lowest BCUT2D eigenvalue weighted by atomic mass is 9.67. The van der Waals surface area contributed by atoms with Crippen LogP contribution < -0.4 is 0 Å². The van der Waals surface area contributed by atoms with Gasteiger partial charge >= 0.3 is 0 Å². The highest BCUT2D eigenvalue weighted by atomic mass is 16.2. The zero-order valence-corrected chi connectivity index (χ0v) is 20.4. The van der Waals surface area contributed by atoms with Crippen LogP contribution in [0.15, 0.2) is 36.4 Å². The van der Waals surface area contributed by atoms with Crippen molar-refractivity contribution in [2.75, 3.05) is 27.2 Å². The molecule has 2 aromatic rings. The molecule has 176 valence electrons. The van der Waals surface area contributed by atoms with Crippen molar-refractivity contribution < 1.29 is 9.59 Å². The van der Waals surface area contributed by atoms with Gasteiger partial charge in [0.25, 0.3) is 5.91 Å². The maximum absolute atomic E-state index is 14.2. The normalized spacial score (nSPS) is 22.6.